The number of nitrogens with zero attached hydrogens (tertiary/aromatic N) is 3. The fourth-order valence-electron chi connectivity index (χ4n) is 2.80. The summed E-state index contributed by atoms with van der Waals surface area (Å²) in [6.45, 7) is 6.77. The Morgan fingerprint density at radius 3 is 2.70 bits per heavy atom. The molecule has 1 aromatic carbocycles. The molecule has 0 radical (unpaired) electrons. The van der Waals surface area contributed by atoms with Crippen molar-refractivity contribution in [2.45, 2.75) is 33.9 Å². The van der Waals surface area contributed by atoms with E-state index in [4.69, 9.17) is 9.15 Å². The molecule has 0 bridgehead atoms. The van der Waals surface area contributed by atoms with Crippen LogP contribution in [0, 0.1) is 20.8 Å². The third kappa shape index (κ3) is 4.22. The van der Waals surface area contributed by atoms with E-state index in [1.165, 1.54) is 0 Å². The normalized spacial score (nSPS) is 10.9. The van der Waals surface area contributed by atoms with Crippen molar-refractivity contribution in [2.24, 2.45) is 7.05 Å². The van der Waals surface area contributed by atoms with Crippen molar-refractivity contribution in [2.75, 3.05) is 7.05 Å². The lowest BCUT2D eigenvalue weighted by molar-refractivity contribution is 0.0749. The number of hydrogen-bond donors (Lipinski definition) is 0. The third-order valence-corrected chi connectivity index (χ3v) is 4.68. The topological polar surface area (TPSA) is 60.5 Å². The maximum absolute atomic E-state index is 12.6. The van der Waals surface area contributed by atoms with Gasteiger partial charge in [-0.25, -0.2) is 0 Å². The number of ether oxygens (including phenoxy) is 1. The van der Waals surface area contributed by atoms with Crippen LogP contribution in [-0.4, -0.2) is 27.6 Å². The Labute approximate surface area is 159 Å². The summed E-state index contributed by atoms with van der Waals surface area (Å²) in [6, 6.07) is 9.54. The van der Waals surface area contributed by atoms with Gasteiger partial charge < -0.3 is 14.1 Å². The van der Waals surface area contributed by atoms with Crippen LogP contribution in [0.4, 0.5) is 0 Å². The summed E-state index contributed by atoms with van der Waals surface area (Å²) in [5.74, 6) is 1.57. The minimum absolute atomic E-state index is 0.170. The fraction of sp³-hybridized carbons (Fsp3) is 0.333. The van der Waals surface area contributed by atoms with E-state index < -0.39 is 0 Å². The highest BCUT2D eigenvalue weighted by molar-refractivity contribution is 5.91. The summed E-state index contributed by atoms with van der Waals surface area (Å²) in [7, 11) is 3.64. The summed E-state index contributed by atoms with van der Waals surface area (Å²) < 4.78 is 13.3. The smallest absolute Gasteiger partial charge is 0.289 e. The van der Waals surface area contributed by atoms with Gasteiger partial charge in [-0.05, 0) is 50.1 Å². The molecule has 1 amide bonds. The average molecular weight is 367 g/mol. The number of rotatable bonds is 6. The Morgan fingerprint density at radius 1 is 1.22 bits per heavy atom. The van der Waals surface area contributed by atoms with E-state index in [1.54, 1.807) is 35.0 Å². The van der Waals surface area contributed by atoms with Crippen LogP contribution in [0.1, 0.15) is 38.7 Å². The van der Waals surface area contributed by atoms with E-state index in [0.29, 0.717) is 18.1 Å². The van der Waals surface area contributed by atoms with Crippen molar-refractivity contribution in [3.05, 3.63) is 70.4 Å². The second-order valence-electron chi connectivity index (χ2n) is 6.86. The number of aryl methyl sites for hydroxylation is 3. The average Bonchev–Trinajstić information content (AvgIpc) is 3.24. The van der Waals surface area contributed by atoms with Gasteiger partial charge in [-0.3, -0.25) is 9.48 Å². The summed E-state index contributed by atoms with van der Waals surface area (Å²) in [4.78, 5) is 14.2. The number of carbonyl (C=O) groups is 1. The molecule has 0 atom stereocenters. The Bertz CT molecular complexity index is 955. The molecule has 6 nitrogen and oxygen atoms in total. The van der Waals surface area contributed by atoms with Gasteiger partial charge in [0.2, 0.25) is 0 Å². The zero-order valence-corrected chi connectivity index (χ0v) is 16.4. The molecule has 0 saturated carbocycles. The Kier molecular flexibility index (Phi) is 5.35. The maximum Gasteiger partial charge on any atom is 0.289 e. The minimum Gasteiger partial charge on any atom is -0.485 e. The maximum atomic E-state index is 12.6. The van der Waals surface area contributed by atoms with E-state index in [2.05, 4.69) is 5.10 Å². The van der Waals surface area contributed by atoms with Gasteiger partial charge in [0.15, 0.2) is 5.76 Å². The molecule has 0 saturated heterocycles. The van der Waals surface area contributed by atoms with Gasteiger partial charge in [0, 0.05) is 31.9 Å². The molecule has 142 valence electrons. The summed E-state index contributed by atoms with van der Waals surface area (Å²) >= 11 is 0. The Morgan fingerprint density at radius 2 is 2.00 bits per heavy atom. The fourth-order valence-corrected chi connectivity index (χ4v) is 2.80. The molecule has 3 rings (SSSR count). The van der Waals surface area contributed by atoms with Gasteiger partial charge in [-0.1, -0.05) is 12.1 Å². The standard InChI is InChI=1S/C21H25N3O3/c1-14-6-7-15(2)20(10-14)26-13-18-8-9-19(27-18)21(25)23(4)12-17-11-22-24(5)16(17)3/h6-11H,12-13H2,1-5H3. The predicted octanol–water partition coefficient (Wildman–Crippen LogP) is 3.79. The van der Waals surface area contributed by atoms with Crippen molar-refractivity contribution in [3.63, 3.8) is 0 Å². The van der Waals surface area contributed by atoms with E-state index in [1.807, 2.05) is 46.0 Å². The second kappa shape index (κ2) is 7.70. The van der Waals surface area contributed by atoms with Crippen LogP contribution in [0.5, 0.6) is 5.75 Å². The van der Waals surface area contributed by atoms with Crippen LogP contribution >= 0.6 is 0 Å². The van der Waals surface area contributed by atoms with Crippen molar-refractivity contribution < 1.29 is 13.9 Å². The molecule has 27 heavy (non-hydrogen) atoms. The highest BCUT2D eigenvalue weighted by Gasteiger charge is 2.18. The van der Waals surface area contributed by atoms with Gasteiger partial charge in [0.25, 0.3) is 5.91 Å². The molecular formula is C21H25N3O3. The summed E-state index contributed by atoms with van der Waals surface area (Å²) in [5.41, 5.74) is 4.25. The van der Waals surface area contributed by atoms with Crippen LogP contribution in [0.25, 0.3) is 0 Å². The molecular weight excluding hydrogens is 342 g/mol. The SMILES string of the molecule is Cc1ccc(C)c(OCc2ccc(C(=O)N(C)Cc3cnn(C)c3C)o2)c1. The lowest BCUT2D eigenvalue weighted by Gasteiger charge is -2.15. The first kappa shape index (κ1) is 18.8. The van der Waals surface area contributed by atoms with Crippen LogP contribution in [0.2, 0.25) is 0 Å². The zero-order valence-electron chi connectivity index (χ0n) is 16.4. The lowest BCUT2D eigenvalue weighted by atomic mass is 10.1. The highest BCUT2D eigenvalue weighted by atomic mass is 16.5. The molecule has 0 aliphatic carbocycles. The van der Waals surface area contributed by atoms with Crippen LogP contribution in [0.15, 0.2) is 40.9 Å². The van der Waals surface area contributed by atoms with Gasteiger partial charge in [-0.2, -0.15) is 5.10 Å². The van der Waals surface area contributed by atoms with Crippen LogP contribution in [0.3, 0.4) is 0 Å². The molecule has 3 aromatic rings. The summed E-state index contributed by atoms with van der Waals surface area (Å²) in [5, 5.41) is 4.21. The highest BCUT2D eigenvalue weighted by Crippen LogP contribution is 2.21. The molecule has 0 fully saturated rings. The van der Waals surface area contributed by atoms with Crippen molar-refractivity contribution in [1.29, 1.82) is 0 Å². The molecule has 6 heteroatoms. The van der Waals surface area contributed by atoms with Crippen molar-refractivity contribution in [3.8, 4) is 5.75 Å². The molecule has 0 N–H and O–H groups in total. The second-order valence-corrected chi connectivity index (χ2v) is 6.86. The minimum atomic E-state index is -0.170. The molecule has 2 heterocycles. The molecule has 0 spiro atoms. The predicted molar refractivity (Wildman–Crippen MR) is 103 cm³/mol. The van der Waals surface area contributed by atoms with Crippen molar-refractivity contribution >= 4 is 5.91 Å². The van der Waals surface area contributed by atoms with Gasteiger partial charge >= 0.3 is 0 Å². The van der Waals surface area contributed by atoms with Crippen molar-refractivity contribution in [1.82, 2.24) is 14.7 Å². The zero-order chi connectivity index (χ0) is 19.6. The largest absolute Gasteiger partial charge is 0.485 e. The molecule has 0 unspecified atom stereocenters. The van der Waals surface area contributed by atoms with Crippen LogP contribution < -0.4 is 4.74 Å². The Hall–Kier alpha value is -3.02. The Balaban J connectivity index is 1.63. The summed E-state index contributed by atoms with van der Waals surface area (Å²) in [6.07, 6.45) is 1.78. The van der Waals surface area contributed by atoms with Gasteiger partial charge in [-0.15, -0.1) is 0 Å². The number of furan rings is 1. The van der Waals surface area contributed by atoms with E-state index in [-0.39, 0.29) is 12.5 Å². The molecule has 0 aliphatic heterocycles. The quantitative estimate of drug-likeness (QED) is 0.665. The van der Waals surface area contributed by atoms with E-state index in [0.717, 1.165) is 28.1 Å². The number of hydrogen-bond acceptors (Lipinski definition) is 4. The number of aromatic nitrogens is 2. The van der Waals surface area contributed by atoms with E-state index >= 15 is 0 Å². The number of amides is 1. The van der Waals surface area contributed by atoms with Gasteiger partial charge in [0.1, 0.15) is 18.1 Å². The van der Waals surface area contributed by atoms with Crippen LogP contribution in [-0.2, 0) is 20.2 Å². The van der Waals surface area contributed by atoms with Gasteiger partial charge in [0.05, 0.1) is 6.20 Å². The first-order valence-electron chi connectivity index (χ1n) is 8.87. The molecule has 2 aromatic heterocycles. The number of benzene rings is 1. The third-order valence-electron chi connectivity index (χ3n) is 4.68. The first-order chi connectivity index (χ1) is 12.8. The monoisotopic (exact) mass is 367 g/mol. The number of carbonyl (C=O) groups excluding carboxylic acids is 1. The first-order valence-corrected chi connectivity index (χ1v) is 8.87. The van der Waals surface area contributed by atoms with E-state index in [9.17, 15) is 4.79 Å². The lowest BCUT2D eigenvalue weighted by Crippen LogP contribution is -2.26. The molecule has 0 aliphatic rings.